The zero-order valence-corrected chi connectivity index (χ0v) is 17.4. The second-order valence-electron chi connectivity index (χ2n) is 8.35. The highest BCUT2D eigenvalue weighted by molar-refractivity contribution is 5.71. The molecule has 4 rings (SSSR count). The maximum Gasteiger partial charge on any atom is 0.401 e. The average molecular weight is 418 g/mol. The first-order chi connectivity index (χ1) is 14.5. The second-order valence-corrected chi connectivity index (χ2v) is 8.35. The van der Waals surface area contributed by atoms with Crippen molar-refractivity contribution in [2.45, 2.75) is 31.9 Å². The molecule has 0 amide bonds. The smallest absolute Gasteiger partial charge is 0.341 e. The van der Waals surface area contributed by atoms with Crippen LogP contribution in [0, 0.1) is 0 Å². The molecule has 162 valence electrons. The number of anilines is 2. The van der Waals surface area contributed by atoms with Crippen LogP contribution in [-0.4, -0.2) is 61.8 Å². The fourth-order valence-corrected chi connectivity index (χ4v) is 4.72. The maximum atomic E-state index is 12.7. The maximum absolute atomic E-state index is 12.7. The van der Waals surface area contributed by atoms with Crippen LogP contribution in [0.25, 0.3) is 0 Å². The van der Waals surface area contributed by atoms with Gasteiger partial charge >= 0.3 is 6.18 Å². The van der Waals surface area contributed by atoms with Gasteiger partial charge in [-0.1, -0.05) is 36.4 Å². The van der Waals surface area contributed by atoms with Crippen molar-refractivity contribution in [3.63, 3.8) is 0 Å². The van der Waals surface area contributed by atoms with Gasteiger partial charge in [0.2, 0.25) is 0 Å². The number of rotatable bonds is 5. The molecule has 2 aliphatic heterocycles. The summed E-state index contributed by atoms with van der Waals surface area (Å²) in [6.45, 7) is 3.65. The molecule has 0 bridgehead atoms. The van der Waals surface area contributed by atoms with E-state index in [1.165, 1.54) is 22.5 Å². The van der Waals surface area contributed by atoms with Crippen LogP contribution < -0.4 is 4.90 Å². The Hall–Kier alpha value is -2.05. The Morgan fingerprint density at radius 1 is 0.700 bits per heavy atom. The number of para-hydroxylation sites is 2. The molecule has 0 aromatic heterocycles. The summed E-state index contributed by atoms with van der Waals surface area (Å²) < 4.78 is 38.1. The lowest BCUT2D eigenvalue weighted by molar-refractivity contribution is -0.145. The molecule has 30 heavy (non-hydrogen) atoms. The van der Waals surface area contributed by atoms with Gasteiger partial charge in [0.25, 0.3) is 0 Å². The molecule has 2 aliphatic rings. The molecule has 6 heteroatoms. The first-order valence-corrected chi connectivity index (χ1v) is 10.9. The lowest BCUT2D eigenvalue weighted by Gasteiger charge is -2.28. The van der Waals surface area contributed by atoms with Crippen LogP contribution in [0.15, 0.2) is 48.5 Å². The van der Waals surface area contributed by atoms with Gasteiger partial charge in [-0.05, 0) is 68.6 Å². The van der Waals surface area contributed by atoms with Crippen LogP contribution in [0.1, 0.15) is 24.0 Å². The summed E-state index contributed by atoms with van der Waals surface area (Å²) in [4.78, 5) is 6.30. The van der Waals surface area contributed by atoms with Gasteiger partial charge in [-0.2, -0.15) is 13.2 Å². The minimum Gasteiger partial charge on any atom is -0.341 e. The fourth-order valence-electron chi connectivity index (χ4n) is 4.72. The first kappa shape index (κ1) is 21.2. The van der Waals surface area contributed by atoms with Crippen molar-refractivity contribution in [2.24, 2.45) is 0 Å². The topological polar surface area (TPSA) is 9.72 Å². The monoisotopic (exact) mass is 417 g/mol. The van der Waals surface area contributed by atoms with E-state index < -0.39 is 12.7 Å². The predicted octanol–water partition coefficient (Wildman–Crippen LogP) is 4.88. The number of aryl methyl sites for hydroxylation is 2. The highest BCUT2D eigenvalue weighted by Gasteiger charge is 2.31. The van der Waals surface area contributed by atoms with E-state index in [2.05, 4.69) is 58.3 Å². The fraction of sp³-hybridized carbons (Fsp3) is 0.500. The van der Waals surface area contributed by atoms with Gasteiger partial charge in [0.05, 0.1) is 6.54 Å². The molecule has 0 unspecified atom stereocenters. The lowest BCUT2D eigenvalue weighted by Crippen LogP contribution is -2.37. The summed E-state index contributed by atoms with van der Waals surface area (Å²) in [7, 11) is 0. The second kappa shape index (κ2) is 9.40. The highest BCUT2D eigenvalue weighted by atomic mass is 19.4. The SMILES string of the molecule is FC(F)(F)CN1CCCN(CCCN2c3ccccc3CCc3ccccc32)CC1. The molecule has 3 nitrogen and oxygen atoms in total. The van der Waals surface area contributed by atoms with Crippen molar-refractivity contribution in [1.29, 1.82) is 0 Å². The normalized spacial score (nSPS) is 18.4. The van der Waals surface area contributed by atoms with Gasteiger partial charge in [-0.3, -0.25) is 4.90 Å². The Balaban J connectivity index is 1.38. The predicted molar refractivity (Wildman–Crippen MR) is 115 cm³/mol. The number of hydrogen-bond acceptors (Lipinski definition) is 3. The number of halogens is 3. The number of benzene rings is 2. The zero-order valence-electron chi connectivity index (χ0n) is 17.4. The Morgan fingerprint density at radius 3 is 1.90 bits per heavy atom. The molecule has 2 aromatic carbocycles. The summed E-state index contributed by atoms with van der Waals surface area (Å²) in [6, 6.07) is 17.3. The van der Waals surface area contributed by atoms with E-state index in [0.29, 0.717) is 19.6 Å². The first-order valence-electron chi connectivity index (χ1n) is 10.9. The molecule has 0 spiro atoms. The van der Waals surface area contributed by atoms with Crippen molar-refractivity contribution in [3.05, 3.63) is 59.7 Å². The van der Waals surface area contributed by atoms with Crippen molar-refractivity contribution >= 4 is 11.4 Å². The molecule has 0 radical (unpaired) electrons. The van der Waals surface area contributed by atoms with E-state index in [0.717, 1.165) is 45.3 Å². The third-order valence-corrected chi connectivity index (χ3v) is 6.17. The van der Waals surface area contributed by atoms with Crippen LogP contribution in [0.3, 0.4) is 0 Å². The number of nitrogens with zero attached hydrogens (tertiary/aromatic N) is 3. The summed E-state index contributed by atoms with van der Waals surface area (Å²) in [5, 5.41) is 0. The third-order valence-electron chi connectivity index (χ3n) is 6.17. The van der Waals surface area contributed by atoms with E-state index in [1.54, 1.807) is 4.90 Å². The van der Waals surface area contributed by atoms with Gasteiger partial charge in [-0.25, -0.2) is 0 Å². The average Bonchev–Trinajstić information content (AvgIpc) is 3.02. The summed E-state index contributed by atoms with van der Waals surface area (Å²) >= 11 is 0. The van der Waals surface area contributed by atoms with E-state index in [1.807, 2.05) is 0 Å². The van der Waals surface area contributed by atoms with Gasteiger partial charge in [0, 0.05) is 31.0 Å². The largest absolute Gasteiger partial charge is 0.401 e. The molecule has 2 aromatic rings. The summed E-state index contributed by atoms with van der Waals surface area (Å²) in [5.74, 6) is 0. The number of fused-ring (bicyclic) bond motifs is 2. The molecule has 0 saturated carbocycles. The summed E-state index contributed by atoms with van der Waals surface area (Å²) in [5.41, 5.74) is 5.34. The molecule has 0 atom stereocenters. The van der Waals surface area contributed by atoms with Gasteiger partial charge < -0.3 is 9.80 Å². The minimum absolute atomic E-state index is 0.495. The standard InChI is InChI=1S/C24H30F3N3/c25-24(26,27)19-29-15-5-13-28(17-18-29)14-6-16-30-22-9-3-1-7-20(22)11-12-21-8-2-4-10-23(21)30/h1-4,7-10H,5-6,11-19H2. The summed E-state index contributed by atoms with van der Waals surface area (Å²) in [6.07, 6.45) is -0.230. The van der Waals surface area contributed by atoms with E-state index in [9.17, 15) is 13.2 Å². The van der Waals surface area contributed by atoms with Crippen LogP contribution in [0.4, 0.5) is 24.5 Å². The Kier molecular flexibility index (Phi) is 6.64. The molecule has 1 fully saturated rings. The molecular formula is C24H30F3N3. The molecule has 1 saturated heterocycles. The molecule has 2 heterocycles. The van der Waals surface area contributed by atoms with E-state index in [-0.39, 0.29) is 0 Å². The van der Waals surface area contributed by atoms with E-state index >= 15 is 0 Å². The van der Waals surface area contributed by atoms with E-state index in [4.69, 9.17) is 0 Å². The van der Waals surface area contributed by atoms with Crippen LogP contribution in [0.2, 0.25) is 0 Å². The van der Waals surface area contributed by atoms with Gasteiger partial charge in [-0.15, -0.1) is 0 Å². The highest BCUT2D eigenvalue weighted by Crippen LogP contribution is 2.35. The van der Waals surface area contributed by atoms with Crippen molar-refractivity contribution in [3.8, 4) is 0 Å². The van der Waals surface area contributed by atoms with Gasteiger partial charge in [0.1, 0.15) is 0 Å². The Morgan fingerprint density at radius 2 is 1.27 bits per heavy atom. The minimum atomic E-state index is -4.11. The van der Waals surface area contributed by atoms with Crippen molar-refractivity contribution in [1.82, 2.24) is 9.80 Å². The number of hydrogen-bond donors (Lipinski definition) is 0. The van der Waals surface area contributed by atoms with Crippen LogP contribution in [-0.2, 0) is 12.8 Å². The quantitative estimate of drug-likeness (QED) is 0.686. The molecular weight excluding hydrogens is 387 g/mol. The zero-order chi connectivity index (χ0) is 21.0. The third kappa shape index (κ3) is 5.35. The van der Waals surface area contributed by atoms with Crippen LogP contribution in [0.5, 0.6) is 0 Å². The molecule has 0 aliphatic carbocycles. The van der Waals surface area contributed by atoms with Crippen LogP contribution >= 0.6 is 0 Å². The van der Waals surface area contributed by atoms with Gasteiger partial charge in [0.15, 0.2) is 0 Å². The lowest BCUT2D eigenvalue weighted by atomic mass is 10.0. The van der Waals surface area contributed by atoms with Crippen molar-refractivity contribution < 1.29 is 13.2 Å². The number of alkyl halides is 3. The Labute approximate surface area is 177 Å². The Bertz CT molecular complexity index is 789. The van der Waals surface area contributed by atoms with Crippen molar-refractivity contribution in [2.75, 3.05) is 50.7 Å². The molecule has 0 N–H and O–H groups in total.